The number of carbonyl (C=O) groups is 1. The van der Waals surface area contributed by atoms with Crippen LogP contribution in [0.1, 0.15) is 33.6 Å². The number of hydrogen-bond donors (Lipinski definition) is 0. The van der Waals surface area contributed by atoms with Crippen molar-refractivity contribution in [3.05, 3.63) is 49.9 Å². The van der Waals surface area contributed by atoms with Crippen molar-refractivity contribution in [3.8, 4) is 11.5 Å². The first kappa shape index (κ1) is 18.3. The Morgan fingerprint density at radius 3 is 2.81 bits per heavy atom. The van der Waals surface area contributed by atoms with Gasteiger partial charge in [-0.15, -0.1) is 0 Å². The van der Waals surface area contributed by atoms with E-state index in [-0.39, 0.29) is 12.2 Å². The third-order valence-corrected chi connectivity index (χ3v) is 4.44. The van der Waals surface area contributed by atoms with Gasteiger partial charge in [-0.3, -0.25) is 4.79 Å². The van der Waals surface area contributed by atoms with Gasteiger partial charge in [-0.2, -0.15) is 5.10 Å². The van der Waals surface area contributed by atoms with Crippen LogP contribution in [-0.2, 0) is 18.4 Å². The van der Waals surface area contributed by atoms with Crippen LogP contribution in [0.15, 0.2) is 16.9 Å². The van der Waals surface area contributed by atoms with Crippen LogP contribution in [0.3, 0.4) is 0 Å². The minimum Gasteiger partial charge on any atom is -0.489 e. The molecular weight excluding hydrogens is 360 g/mol. The Morgan fingerprint density at radius 1 is 1.31 bits per heavy atom. The summed E-state index contributed by atoms with van der Waals surface area (Å²) in [5.74, 6) is 0.318. The van der Waals surface area contributed by atoms with Gasteiger partial charge in [0.15, 0.2) is 11.5 Å². The molecule has 1 aromatic heterocycles. The van der Waals surface area contributed by atoms with Gasteiger partial charge in [-0.05, 0) is 37.1 Å². The summed E-state index contributed by atoms with van der Waals surface area (Å²) in [6, 6.07) is 3.38. The van der Waals surface area contributed by atoms with Crippen molar-refractivity contribution >= 4 is 17.6 Å². The minimum atomic E-state index is -0.697. The summed E-state index contributed by atoms with van der Waals surface area (Å²) in [4.78, 5) is 24.7. The molecule has 1 aliphatic heterocycles. The summed E-state index contributed by atoms with van der Waals surface area (Å²) in [7, 11) is 1.50. The first-order chi connectivity index (χ1) is 12.4. The summed E-state index contributed by atoms with van der Waals surface area (Å²) in [6.07, 6.45) is 0.763. The predicted octanol–water partition coefficient (Wildman–Crippen LogP) is 2.57. The summed E-state index contributed by atoms with van der Waals surface area (Å²) < 4.78 is 17.6. The molecule has 7 nitrogen and oxygen atoms in total. The SMILES string of the molecule is Cc1nn(C)c(=O)c(C(=O)OCc2cc(Cl)c3c(c2)OCCCO3)c1C. The highest BCUT2D eigenvalue weighted by Crippen LogP contribution is 2.38. The predicted molar refractivity (Wildman–Crippen MR) is 95.1 cm³/mol. The molecule has 2 aromatic rings. The highest BCUT2D eigenvalue weighted by Gasteiger charge is 2.20. The zero-order valence-electron chi connectivity index (χ0n) is 14.8. The monoisotopic (exact) mass is 378 g/mol. The van der Waals surface area contributed by atoms with Crippen LogP contribution in [0.5, 0.6) is 11.5 Å². The fourth-order valence-electron chi connectivity index (χ4n) is 2.68. The molecule has 0 bridgehead atoms. The molecule has 0 radical (unpaired) electrons. The second-order valence-electron chi connectivity index (χ2n) is 6.05. The van der Waals surface area contributed by atoms with Crippen LogP contribution in [-0.4, -0.2) is 29.0 Å². The van der Waals surface area contributed by atoms with E-state index in [1.165, 1.54) is 7.05 Å². The highest BCUT2D eigenvalue weighted by molar-refractivity contribution is 6.32. The molecule has 0 amide bonds. The molecule has 8 heteroatoms. The van der Waals surface area contributed by atoms with Gasteiger partial charge in [-0.1, -0.05) is 11.6 Å². The maximum Gasteiger partial charge on any atom is 0.344 e. The molecular formula is C18H19ClN2O5. The highest BCUT2D eigenvalue weighted by atomic mass is 35.5. The van der Waals surface area contributed by atoms with Crippen LogP contribution in [0.4, 0.5) is 0 Å². The van der Waals surface area contributed by atoms with Gasteiger partial charge in [0.2, 0.25) is 0 Å². The van der Waals surface area contributed by atoms with Gasteiger partial charge < -0.3 is 14.2 Å². The Morgan fingerprint density at radius 2 is 2.04 bits per heavy atom. The number of aryl methyl sites for hydroxylation is 2. The third-order valence-electron chi connectivity index (χ3n) is 4.16. The topological polar surface area (TPSA) is 79.7 Å². The maximum absolute atomic E-state index is 12.4. The van der Waals surface area contributed by atoms with E-state index < -0.39 is 11.5 Å². The number of esters is 1. The van der Waals surface area contributed by atoms with Crippen molar-refractivity contribution in [3.63, 3.8) is 0 Å². The fourth-order valence-corrected chi connectivity index (χ4v) is 2.97. The van der Waals surface area contributed by atoms with Crippen LogP contribution in [0, 0.1) is 13.8 Å². The molecule has 0 spiro atoms. The number of halogens is 1. The second kappa shape index (κ2) is 7.37. The molecule has 26 heavy (non-hydrogen) atoms. The lowest BCUT2D eigenvalue weighted by molar-refractivity contribution is 0.0468. The van der Waals surface area contributed by atoms with Crippen molar-refractivity contribution in [2.75, 3.05) is 13.2 Å². The molecule has 0 saturated carbocycles. The number of benzene rings is 1. The van der Waals surface area contributed by atoms with Crippen molar-refractivity contribution in [1.29, 1.82) is 0 Å². The molecule has 0 fully saturated rings. The van der Waals surface area contributed by atoms with Crippen LogP contribution >= 0.6 is 11.6 Å². The Labute approximate surface area is 155 Å². The van der Waals surface area contributed by atoms with Crippen molar-refractivity contribution in [2.45, 2.75) is 26.9 Å². The maximum atomic E-state index is 12.4. The summed E-state index contributed by atoms with van der Waals surface area (Å²) in [5, 5.41) is 4.44. The van der Waals surface area contributed by atoms with E-state index >= 15 is 0 Å². The van der Waals surface area contributed by atoms with E-state index in [0.717, 1.165) is 11.1 Å². The Hall–Kier alpha value is -2.54. The molecule has 0 N–H and O–H groups in total. The zero-order valence-corrected chi connectivity index (χ0v) is 15.6. The number of ether oxygens (including phenoxy) is 3. The largest absolute Gasteiger partial charge is 0.489 e. The van der Waals surface area contributed by atoms with E-state index in [9.17, 15) is 9.59 Å². The van der Waals surface area contributed by atoms with E-state index in [1.54, 1.807) is 26.0 Å². The first-order valence-electron chi connectivity index (χ1n) is 8.18. The lowest BCUT2D eigenvalue weighted by atomic mass is 10.1. The lowest BCUT2D eigenvalue weighted by Gasteiger charge is -2.13. The Balaban J connectivity index is 1.82. The quantitative estimate of drug-likeness (QED) is 0.764. The summed E-state index contributed by atoms with van der Waals surface area (Å²) in [6.45, 7) is 4.42. The van der Waals surface area contributed by atoms with Crippen molar-refractivity contribution in [1.82, 2.24) is 9.78 Å². The van der Waals surface area contributed by atoms with E-state index in [2.05, 4.69) is 5.10 Å². The standard InChI is InChI=1S/C18H19ClN2O5/c1-10-11(2)20-21(3)17(22)15(10)18(23)26-9-12-7-13(19)16-14(8-12)24-5-4-6-25-16/h7-8H,4-6,9H2,1-3H3. The number of nitrogens with zero attached hydrogens (tertiary/aromatic N) is 2. The van der Waals surface area contributed by atoms with Gasteiger partial charge in [0, 0.05) is 13.5 Å². The van der Waals surface area contributed by atoms with Crippen LogP contribution in [0.25, 0.3) is 0 Å². The number of fused-ring (bicyclic) bond motifs is 1. The lowest BCUT2D eigenvalue weighted by Crippen LogP contribution is -2.29. The first-order valence-corrected chi connectivity index (χ1v) is 8.56. The molecule has 0 atom stereocenters. The molecule has 0 unspecified atom stereocenters. The number of carbonyl (C=O) groups excluding carboxylic acids is 1. The van der Waals surface area contributed by atoms with Gasteiger partial charge in [-0.25, -0.2) is 9.48 Å². The molecule has 0 aliphatic carbocycles. The smallest absolute Gasteiger partial charge is 0.344 e. The van der Waals surface area contributed by atoms with Gasteiger partial charge in [0.1, 0.15) is 12.2 Å². The molecule has 1 aliphatic rings. The van der Waals surface area contributed by atoms with Crippen LogP contribution < -0.4 is 15.0 Å². The summed E-state index contributed by atoms with van der Waals surface area (Å²) >= 11 is 6.24. The normalized spacial score (nSPS) is 13.2. The average molecular weight is 379 g/mol. The van der Waals surface area contributed by atoms with E-state index in [4.69, 9.17) is 25.8 Å². The molecule has 3 rings (SSSR count). The van der Waals surface area contributed by atoms with E-state index in [1.807, 2.05) is 0 Å². The number of rotatable bonds is 3. The third kappa shape index (κ3) is 3.53. The molecule has 2 heterocycles. The number of aromatic nitrogens is 2. The van der Waals surface area contributed by atoms with Crippen molar-refractivity contribution < 1.29 is 19.0 Å². The number of hydrogen-bond acceptors (Lipinski definition) is 6. The van der Waals surface area contributed by atoms with Gasteiger partial charge >= 0.3 is 5.97 Å². The van der Waals surface area contributed by atoms with Gasteiger partial charge in [0.25, 0.3) is 5.56 Å². The average Bonchev–Trinajstić information content (AvgIpc) is 2.84. The summed E-state index contributed by atoms with van der Waals surface area (Å²) in [5.41, 5.74) is 1.25. The molecule has 0 saturated heterocycles. The molecule has 138 valence electrons. The zero-order chi connectivity index (χ0) is 18.8. The Bertz CT molecular complexity index is 923. The van der Waals surface area contributed by atoms with Crippen molar-refractivity contribution in [2.24, 2.45) is 7.05 Å². The van der Waals surface area contributed by atoms with Gasteiger partial charge in [0.05, 0.1) is 23.9 Å². The van der Waals surface area contributed by atoms with Crippen LogP contribution in [0.2, 0.25) is 5.02 Å². The second-order valence-corrected chi connectivity index (χ2v) is 6.45. The fraction of sp³-hybridized carbons (Fsp3) is 0.389. The minimum absolute atomic E-state index is 0.0135. The Kier molecular flexibility index (Phi) is 5.18. The molecule has 1 aromatic carbocycles. The van der Waals surface area contributed by atoms with E-state index in [0.29, 0.717) is 46.6 Å².